The second-order valence-corrected chi connectivity index (χ2v) is 5.22. The van der Waals surface area contributed by atoms with Crippen LogP contribution in [-0.4, -0.2) is 4.98 Å². The summed E-state index contributed by atoms with van der Waals surface area (Å²) in [7, 11) is 0. The van der Waals surface area contributed by atoms with Crippen molar-refractivity contribution in [2.45, 2.75) is 13.0 Å². The number of thiazole rings is 1. The van der Waals surface area contributed by atoms with Gasteiger partial charge < -0.3 is 5.73 Å². The first-order chi connectivity index (χ1) is 7.58. The Morgan fingerprint density at radius 3 is 2.81 bits per heavy atom. The molecule has 0 spiro atoms. The first-order valence-electron chi connectivity index (χ1n) is 4.70. The summed E-state index contributed by atoms with van der Waals surface area (Å²) in [6.07, 6.45) is 0. The SMILES string of the molecule is Cc1csc(C(N)c2ccc(F)c(Br)c2)n1. The highest BCUT2D eigenvalue weighted by atomic mass is 79.9. The Morgan fingerprint density at radius 2 is 2.25 bits per heavy atom. The lowest BCUT2D eigenvalue weighted by Gasteiger charge is -2.09. The Balaban J connectivity index is 2.33. The van der Waals surface area contributed by atoms with Gasteiger partial charge in [-0.3, -0.25) is 0 Å². The van der Waals surface area contributed by atoms with Crippen molar-refractivity contribution in [3.8, 4) is 0 Å². The van der Waals surface area contributed by atoms with E-state index in [-0.39, 0.29) is 11.9 Å². The van der Waals surface area contributed by atoms with Crippen LogP contribution in [0, 0.1) is 12.7 Å². The number of halogens is 2. The maximum Gasteiger partial charge on any atom is 0.137 e. The predicted octanol–water partition coefficient (Wildman–Crippen LogP) is 3.40. The van der Waals surface area contributed by atoms with Gasteiger partial charge in [-0.15, -0.1) is 11.3 Å². The van der Waals surface area contributed by atoms with E-state index in [9.17, 15) is 4.39 Å². The minimum absolute atomic E-state index is 0.286. The molecule has 2 rings (SSSR count). The van der Waals surface area contributed by atoms with Crippen molar-refractivity contribution >= 4 is 27.3 Å². The van der Waals surface area contributed by atoms with E-state index in [1.165, 1.54) is 17.4 Å². The third-order valence-corrected chi connectivity index (χ3v) is 3.86. The van der Waals surface area contributed by atoms with E-state index in [2.05, 4.69) is 20.9 Å². The molecule has 2 aromatic rings. The van der Waals surface area contributed by atoms with Crippen LogP contribution in [0.5, 0.6) is 0 Å². The quantitative estimate of drug-likeness (QED) is 0.923. The molecule has 0 saturated carbocycles. The van der Waals surface area contributed by atoms with Crippen molar-refractivity contribution in [3.05, 3.63) is 50.1 Å². The zero-order valence-electron chi connectivity index (χ0n) is 8.58. The smallest absolute Gasteiger partial charge is 0.137 e. The summed E-state index contributed by atoms with van der Waals surface area (Å²) < 4.78 is 13.5. The van der Waals surface area contributed by atoms with Gasteiger partial charge in [0.1, 0.15) is 10.8 Å². The fourth-order valence-electron chi connectivity index (χ4n) is 1.36. The lowest BCUT2D eigenvalue weighted by Crippen LogP contribution is -2.11. The summed E-state index contributed by atoms with van der Waals surface area (Å²) in [6.45, 7) is 1.92. The van der Waals surface area contributed by atoms with Crippen molar-refractivity contribution in [1.82, 2.24) is 4.98 Å². The molecule has 1 aromatic carbocycles. The van der Waals surface area contributed by atoms with E-state index in [4.69, 9.17) is 5.73 Å². The molecule has 2 nitrogen and oxygen atoms in total. The monoisotopic (exact) mass is 300 g/mol. The number of aromatic nitrogens is 1. The van der Waals surface area contributed by atoms with Gasteiger partial charge in [0.15, 0.2) is 0 Å². The standard InChI is InChI=1S/C11H10BrFN2S/c1-6-5-16-11(15-6)10(14)7-2-3-9(13)8(12)4-7/h2-5,10H,14H2,1H3. The molecule has 0 amide bonds. The molecule has 16 heavy (non-hydrogen) atoms. The van der Waals surface area contributed by atoms with Crippen LogP contribution < -0.4 is 5.73 Å². The first-order valence-corrected chi connectivity index (χ1v) is 6.38. The number of aryl methyl sites for hydroxylation is 1. The van der Waals surface area contributed by atoms with E-state index in [0.717, 1.165) is 16.3 Å². The number of nitrogens with two attached hydrogens (primary N) is 1. The molecule has 1 atom stereocenters. The van der Waals surface area contributed by atoms with E-state index < -0.39 is 0 Å². The maximum atomic E-state index is 13.1. The fraction of sp³-hybridized carbons (Fsp3) is 0.182. The summed E-state index contributed by atoms with van der Waals surface area (Å²) in [5.74, 6) is -0.286. The zero-order valence-corrected chi connectivity index (χ0v) is 11.0. The van der Waals surface area contributed by atoms with Gasteiger partial charge >= 0.3 is 0 Å². The highest BCUT2D eigenvalue weighted by Gasteiger charge is 2.13. The van der Waals surface area contributed by atoms with E-state index >= 15 is 0 Å². The van der Waals surface area contributed by atoms with Gasteiger partial charge in [-0.25, -0.2) is 9.37 Å². The molecule has 0 fully saturated rings. The van der Waals surface area contributed by atoms with E-state index in [1.807, 2.05) is 12.3 Å². The van der Waals surface area contributed by atoms with Crippen LogP contribution in [0.2, 0.25) is 0 Å². The number of rotatable bonds is 2. The van der Waals surface area contributed by atoms with Crippen molar-refractivity contribution in [1.29, 1.82) is 0 Å². The minimum Gasteiger partial charge on any atom is -0.318 e. The number of benzene rings is 1. The van der Waals surface area contributed by atoms with Gasteiger partial charge in [-0.2, -0.15) is 0 Å². The van der Waals surface area contributed by atoms with Gasteiger partial charge in [-0.05, 0) is 40.5 Å². The topological polar surface area (TPSA) is 38.9 Å². The third-order valence-electron chi connectivity index (χ3n) is 2.21. The first kappa shape index (κ1) is 11.7. The van der Waals surface area contributed by atoms with Crippen LogP contribution in [0.3, 0.4) is 0 Å². The lowest BCUT2D eigenvalue weighted by atomic mass is 10.1. The van der Waals surface area contributed by atoms with Crippen molar-refractivity contribution in [3.63, 3.8) is 0 Å². The molecule has 5 heteroatoms. The van der Waals surface area contributed by atoms with Crippen LogP contribution in [0.1, 0.15) is 22.3 Å². The maximum absolute atomic E-state index is 13.1. The van der Waals surface area contributed by atoms with E-state index in [1.54, 1.807) is 12.1 Å². The number of hydrogen-bond donors (Lipinski definition) is 1. The lowest BCUT2D eigenvalue weighted by molar-refractivity contribution is 0.619. The van der Waals surface area contributed by atoms with Crippen molar-refractivity contribution in [2.75, 3.05) is 0 Å². The second kappa shape index (κ2) is 4.61. The Bertz CT molecular complexity index is 512. The van der Waals surface area contributed by atoms with Crippen LogP contribution in [0.15, 0.2) is 28.1 Å². The molecule has 0 aliphatic heterocycles. The molecule has 0 radical (unpaired) electrons. The van der Waals surface area contributed by atoms with Crippen LogP contribution in [-0.2, 0) is 0 Å². The Kier molecular flexibility index (Phi) is 3.37. The highest BCUT2D eigenvalue weighted by molar-refractivity contribution is 9.10. The number of hydrogen-bond acceptors (Lipinski definition) is 3. The summed E-state index contributed by atoms with van der Waals surface area (Å²) in [5.41, 5.74) is 7.86. The predicted molar refractivity (Wildman–Crippen MR) is 67.0 cm³/mol. The van der Waals surface area contributed by atoms with Crippen LogP contribution >= 0.6 is 27.3 Å². The molecule has 84 valence electrons. The molecule has 1 aromatic heterocycles. The zero-order chi connectivity index (χ0) is 11.7. The third kappa shape index (κ3) is 2.31. The fourth-order valence-corrected chi connectivity index (χ4v) is 2.58. The molecule has 2 N–H and O–H groups in total. The number of nitrogens with zero attached hydrogens (tertiary/aromatic N) is 1. The van der Waals surface area contributed by atoms with E-state index in [0.29, 0.717) is 4.47 Å². The molecule has 1 unspecified atom stereocenters. The average Bonchev–Trinajstić information content (AvgIpc) is 2.68. The largest absolute Gasteiger partial charge is 0.318 e. The molecule has 0 saturated heterocycles. The Labute approximate surface area is 105 Å². The summed E-state index contributed by atoms with van der Waals surface area (Å²) in [5, 5.41) is 2.80. The Hall–Kier alpha value is -0.780. The van der Waals surface area contributed by atoms with Gasteiger partial charge in [0.2, 0.25) is 0 Å². The molecular formula is C11H10BrFN2S. The normalized spacial score (nSPS) is 12.8. The van der Waals surface area contributed by atoms with Crippen molar-refractivity contribution in [2.24, 2.45) is 5.73 Å². The van der Waals surface area contributed by atoms with Gasteiger partial charge in [0, 0.05) is 11.1 Å². The second-order valence-electron chi connectivity index (χ2n) is 3.48. The summed E-state index contributed by atoms with van der Waals surface area (Å²) >= 11 is 4.66. The molecular weight excluding hydrogens is 291 g/mol. The summed E-state index contributed by atoms with van der Waals surface area (Å²) in [6, 6.07) is 4.48. The molecule has 0 bridgehead atoms. The molecule has 1 heterocycles. The molecule has 0 aliphatic carbocycles. The van der Waals surface area contributed by atoms with Gasteiger partial charge in [-0.1, -0.05) is 6.07 Å². The Morgan fingerprint density at radius 1 is 1.50 bits per heavy atom. The van der Waals surface area contributed by atoms with Gasteiger partial charge in [0.25, 0.3) is 0 Å². The molecule has 0 aliphatic rings. The van der Waals surface area contributed by atoms with Crippen LogP contribution in [0.4, 0.5) is 4.39 Å². The van der Waals surface area contributed by atoms with Crippen molar-refractivity contribution < 1.29 is 4.39 Å². The average molecular weight is 301 g/mol. The minimum atomic E-state index is -0.296. The van der Waals surface area contributed by atoms with Gasteiger partial charge in [0.05, 0.1) is 10.5 Å². The highest BCUT2D eigenvalue weighted by Crippen LogP contribution is 2.26. The van der Waals surface area contributed by atoms with Crippen LogP contribution in [0.25, 0.3) is 0 Å². The summed E-state index contributed by atoms with van der Waals surface area (Å²) in [4.78, 5) is 4.32.